The van der Waals surface area contributed by atoms with Crippen LogP contribution in [0.25, 0.3) is 10.9 Å². The van der Waals surface area contributed by atoms with Crippen molar-refractivity contribution in [3.63, 3.8) is 0 Å². The quantitative estimate of drug-likeness (QED) is 0.797. The molecule has 4 nitrogen and oxygen atoms in total. The fourth-order valence-electron chi connectivity index (χ4n) is 1.75. The Morgan fingerprint density at radius 3 is 2.76 bits per heavy atom. The van der Waals surface area contributed by atoms with Gasteiger partial charge in [0.25, 0.3) is 0 Å². The molecule has 4 heteroatoms. The van der Waals surface area contributed by atoms with Crippen molar-refractivity contribution in [1.29, 1.82) is 0 Å². The number of fused-ring (bicyclic) bond motifs is 1. The summed E-state index contributed by atoms with van der Waals surface area (Å²) in [6, 6.07) is 7.69. The molecule has 0 aliphatic carbocycles. The van der Waals surface area contributed by atoms with Gasteiger partial charge >= 0.3 is 6.09 Å². The van der Waals surface area contributed by atoms with Gasteiger partial charge in [0, 0.05) is 32.2 Å². The van der Waals surface area contributed by atoms with E-state index in [-0.39, 0.29) is 6.09 Å². The summed E-state index contributed by atoms with van der Waals surface area (Å²) in [4.78, 5) is 12.9. The summed E-state index contributed by atoms with van der Waals surface area (Å²) in [5, 5.41) is 0.963. The number of carbonyl (C=O) groups is 1. The maximum atomic E-state index is 11.5. The Kier molecular flexibility index (Phi) is 3.04. The van der Waals surface area contributed by atoms with Crippen molar-refractivity contribution in [3.8, 4) is 5.75 Å². The van der Waals surface area contributed by atoms with Gasteiger partial charge in [0.2, 0.25) is 0 Å². The second-order valence-electron chi connectivity index (χ2n) is 4.05. The minimum absolute atomic E-state index is 0.359. The van der Waals surface area contributed by atoms with Crippen LogP contribution in [0.3, 0.4) is 0 Å². The molecule has 2 rings (SSSR count). The second-order valence-corrected chi connectivity index (χ2v) is 4.05. The number of hydrogen-bond acceptors (Lipinski definition) is 2. The average molecular weight is 232 g/mol. The Balaban J connectivity index is 2.41. The molecule has 0 fully saturated rings. The minimum Gasteiger partial charge on any atom is -0.409 e. The standard InChI is InChI=1S/C13H16N2O2/c1-4-15-9-8-10-11(15)6-5-7-12(10)17-13(16)14(2)3/h5-9H,4H2,1-3H3. The van der Waals surface area contributed by atoms with Gasteiger partial charge in [0.15, 0.2) is 0 Å². The molecule has 0 bridgehead atoms. The number of aryl methyl sites for hydroxylation is 1. The van der Waals surface area contributed by atoms with Gasteiger partial charge in [-0.1, -0.05) is 6.07 Å². The van der Waals surface area contributed by atoms with E-state index in [9.17, 15) is 4.79 Å². The summed E-state index contributed by atoms with van der Waals surface area (Å²) in [5.74, 6) is 0.605. The molecule has 0 aliphatic rings. The lowest BCUT2D eigenvalue weighted by atomic mass is 10.2. The molecule has 1 amide bonds. The first kappa shape index (κ1) is 11.5. The first-order chi connectivity index (χ1) is 8.13. The van der Waals surface area contributed by atoms with E-state index in [1.54, 1.807) is 14.1 Å². The Morgan fingerprint density at radius 2 is 2.12 bits per heavy atom. The van der Waals surface area contributed by atoms with Crippen LogP contribution in [-0.4, -0.2) is 29.7 Å². The SMILES string of the molecule is CCn1ccc2c(OC(=O)N(C)C)cccc21. The van der Waals surface area contributed by atoms with Gasteiger partial charge in [-0.2, -0.15) is 0 Å². The second kappa shape index (κ2) is 4.49. The number of aromatic nitrogens is 1. The highest BCUT2D eigenvalue weighted by molar-refractivity contribution is 5.88. The summed E-state index contributed by atoms with van der Waals surface area (Å²) in [5.41, 5.74) is 1.08. The van der Waals surface area contributed by atoms with Gasteiger partial charge < -0.3 is 14.2 Å². The summed E-state index contributed by atoms with van der Waals surface area (Å²) >= 11 is 0. The molecular weight excluding hydrogens is 216 g/mol. The maximum absolute atomic E-state index is 11.5. The van der Waals surface area contributed by atoms with Crippen LogP contribution in [0.4, 0.5) is 4.79 Å². The monoisotopic (exact) mass is 232 g/mol. The Labute approximate surface area is 100 Å². The van der Waals surface area contributed by atoms with Crippen LogP contribution in [0.1, 0.15) is 6.92 Å². The predicted molar refractivity (Wildman–Crippen MR) is 67.3 cm³/mol. The van der Waals surface area contributed by atoms with E-state index in [0.717, 1.165) is 17.4 Å². The molecule has 0 aliphatic heterocycles. The molecule has 1 aromatic carbocycles. The molecule has 2 aromatic rings. The van der Waals surface area contributed by atoms with Crippen molar-refractivity contribution < 1.29 is 9.53 Å². The maximum Gasteiger partial charge on any atom is 0.414 e. The molecule has 0 saturated carbocycles. The van der Waals surface area contributed by atoms with Crippen molar-refractivity contribution in [2.45, 2.75) is 13.5 Å². The third-order valence-corrected chi connectivity index (χ3v) is 2.68. The molecular formula is C13H16N2O2. The molecule has 1 aromatic heterocycles. The number of nitrogens with zero attached hydrogens (tertiary/aromatic N) is 2. The average Bonchev–Trinajstić information content (AvgIpc) is 2.72. The topological polar surface area (TPSA) is 34.5 Å². The molecule has 90 valence electrons. The molecule has 0 saturated heterocycles. The molecule has 1 heterocycles. The largest absolute Gasteiger partial charge is 0.414 e. The van der Waals surface area contributed by atoms with Gasteiger partial charge in [-0.3, -0.25) is 0 Å². The first-order valence-corrected chi connectivity index (χ1v) is 5.60. The van der Waals surface area contributed by atoms with Gasteiger partial charge in [0.05, 0.1) is 5.52 Å². The summed E-state index contributed by atoms with van der Waals surface area (Å²) in [7, 11) is 3.33. The molecule has 0 N–H and O–H groups in total. The highest BCUT2D eigenvalue weighted by Gasteiger charge is 2.11. The van der Waals surface area contributed by atoms with Crippen LogP contribution in [-0.2, 0) is 6.54 Å². The number of carbonyl (C=O) groups excluding carboxylic acids is 1. The summed E-state index contributed by atoms with van der Waals surface area (Å²) in [6.45, 7) is 2.98. The minimum atomic E-state index is -0.359. The van der Waals surface area contributed by atoms with Crippen molar-refractivity contribution in [2.75, 3.05) is 14.1 Å². The van der Waals surface area contributed by atoms with Crippen LogP contribution in [0.5, 0.6) is 5.75 Å². The van der Waals surface area contributed by atoms with Crippen LogP contribution in [0, 0.1) is 0 Å². The Hall–Kier alpha value is -1.97. The Morgan fingerprint density at radius 1 is 1.35 bits per heavy atom. The molecule has 0 radical (unpaired) electrons. The van der Waals surface area contributed by atoms with Gasteiger partial charge in [-0.25, -0.2) is 4.79 Å². The van der Waals surface area contributed by atoms with Crippen molar-refractivity contribution in [3.05, 3.63) is 30.5 Å². The number of amides is 1. The Bertz CT molecular complexity index is 543. The predicted octanol–water partition coefficient (Wildman–Crippen LogP) is 2.72. The first-order valence-electron chi connectivity index (χ1n) is 5.60. The van der Waals surface area contributed by atoms with E-state index in [4.69, 9.17) is 4.74 Å². The number of hydrogen-bond donors (Lipinski definition) is 0. The lowest BCUT2D eigenvalue weighted by molar-refractivity contribution is 0.172. The lowest BCUT2D eigenvalue weighted by Gasteiger charge is -2.11. The molecule has 0 atom stereocenters. The summed E-state index contributed by atoms with van der Waals surface area (Å²) in [6.07, 6.45) is 1.64. The van der Waals surface area contributed by atoms with Crippen LogP contribution in [0.15, 0.2) is 30.5 Å². The molecule has 0 unspecified atom stereocenters. The van der Waals surface area contributed by atoms with E-state index in [1.165, 1.54) is 4.90 Å². The third kappa shape index (κ3) is 2.11. The normalized spacial score (nSPS) is 10.5. The number of rotatable bonds is 2. The third-order valence-electron chi connectivity index (χ3n) is 2.68. The van der Waals surface area contributed by atoms with E-state index in [2.05, 4.69) is 11.5 Å². The highest BCUT2D eigenvalue weighted by Crippen LogP contribution is 2.26. The van der Waals surface area contributed by atoms with E-state index in [1.807, 2.05) is 30.5 Å². The van der Waals surface area contributed by atoms with Gasteiger partial charge in [-0.05, 0) is 25.1 Å². The fourth-order valence-corrected chi connectivity index (χ4v) is 1.75. The zero-order valence-corrected chi connectivity index (χ0v) is 10.3. The fraction of sp³-hybridized carbons (Fsp3) is 0.308. The molecule has 17 heavy (non-hydrogen) atoms. The highest BCUT2D eigenvalue weighted by atomic mass is 16.6. The zero-order chi connectivity index (χ0) is 12.4. The van der Waals surface area contributed by atoms with E-state index in [0.29, 0.717) is 5.75 Å². The number of ether oxygens (including phenoxy) is 1. The lowest BCUT2D eigenvalue weighted by Crippen LogP contribution is -2.25. The summed E-state index contributed by atoms with van der Waals surface area (Å²) < 4.78 is 7.43. The van der Waals surface area contributed by atoms with Crippen molar-refractivity contribution in [1.82, 2.24) is 9.47 Å². The van der Waals surface area contributed by atoms with Crippen LogP contribution in [0.2, 0.25) is 0 Å². The smallest absolute Gasteiger partial charge is 0.409 e. The van der Waals surface area contributed by atoms with E-state index < -0.39 is 0 Å². The van der Waals surface area contributed by atoms with Crippen molar-refractivity contribution >= 4 is 17.0 Å². The number of benzene rings is 1. The van der Waals surface area contributed by atoms with Crippen LogP contribution >= 0.6 is 0 Å². The van der Waals surface area contributed by atoms with Crippen molar-refractivity contribution in [2.24, 2.45) is 0 Å². The van der Waals surface area contributed by atoms with Gasteiger partial charge in [0.1, 0.15) is 5.75 Å². The van der Waals surface area contributed by atoms with Crippen LogP contribution < -0.4 is 4.74 Å². The molecule has 0 spiro atoms. The zero-order valence-electron chi connectivity index (χ0n) is 10.3. The van der Waals surface area contributed by atoms with Gasteiger partial charge in [-0.15, -0.1) is 0 Å². The van der Waals surface area contributed by atoms with E-state index >= 15 is 0 Å².